The number of ketones is 1. The van der Waals surface area contributed by atoms with Crippen LogP contribution in [-0.2, 0) is 0 Å². The fourth-order valence-corrected chi connectivity index (χ4v) is 1.81. The van der Waals surface area contributed by atoms with E-state index >= 15 is 0 Å². The van der Waals surface area contributed by atoms with Crippen LogP contribution >= 0.6 is 0 Å². The van der Waals surface area contributed by atoms with Crippen molar-refractivity contribution in [2.75, 3.05) is 0 Å². The van der Waals surface area contributed by atoms with E-state index in [2.05, 4.69) is 4.98 Å². The van der Waals surface area contributed by atoms with Crippen LogP contribution in [0, 0.1) is 12.7 Å². The van der Waals surface area contributed by atoms with Crippen LogP contribution in [0.15, 0.2) is 34.0 Å². The largest absolute Gasteiger partial charge is 0.333 e. The predicted octanol–water partition coefficient (Wildman–Crippen LogP) is 1.18. The number of hydrogen-bond acceptors (Lipinski definition) is 3. The molecule has 19 heavy (non-hydrogen) atoms. The van der Waals surface area contributed by atoms with E-state index in [4.69, 9.17) is 0 Å². The second kappa shape index (κ2) is 4.64. The molecule has 0 aliphatic carbocycles. The number of carbonyl (C=O) groups is 1. The van der Waals surface area contributed by atoms with Crippen LogP contribution in [0.4, 0.5) is 4.39 Å². The zero-order chi connectivity index (χ0) is 14.2. The number of Topliss-reactive ketones (excluding diaryl/α,β-unsaturated/α-hetero) is 1. The highest BCUT2D eigenvalue weighted by molar-refractivity contribution is 5.93. The van der Waals surface area contributed by atoms with Crippen molar-refractivity contribution >= 4 is 5.78 Å². The maximum atomic E-state index is 13.3. The molecule has 0 spiro atoms. The standard InChI is InChI=1S/C13H11FN2O3/c1-7-3-9(14)5-10(4-7)16-12(18)11(8(2)17)6-15-13(16)19/h3-6H,1-2H3,(H,15,19). The van der Waals surface area contributed by atoms with Gasteiger partial charge in [-0.15, -0.1) is 0 Å². The number of aromatic nitrogens is 2. The van der Waals surface area contributed by atoms with Gasteiger partial charge in [-0.1, -0.05) is 0 Å². The molecule has 0 bridgehead atoms. The first-order valence-corrected chi connectivity index (χ1v) is 5.53. The SMILES string of the molecule is CC(=O)c1c[nH]c(=O)n(-c2cc(C)cc(F)c2)c1=O. The molecule has 2 rings (SSSR count). The Morgan fingerprint density at radius 1 is 1.26 bits per heavy atom. The number of aryl methyl sites for hydroxylation is 1. The van der Waals surface area contributed by atoms with Gasteiger partial charge < -0.3 is 4.98 Å². The zero-order valence-electron chi connectivity index (χ0n) is 10.4. The summed E-state index contributed by atoms with van der Waals surface area (Å²) in [5.41, 5.74) is -0.982. The summed E-state index contributed by atoms with van der Waals surface area (Å²) in [5, 5.41) is 0. The van der Waals surface area contributed by atoms with Crippen molar-refractivity contribution < 1.29 is 9.18 Å². The summed E-state index contributed by atoms with van der Waals surface area (Å²) in [6.07, 6.45) is 1.07. The van der Waals surface area contributed by atoms with Gasteiger partial charge in [0.1, 0.15) is 5.82 Å². The number of carbonyl (C=O) groups excluding carboxylic acids is 1. The van der Waals surface area contributed by atoms with Gasteiger partial charge in [-0.3, -0.25) is 9.59 Å². The third-order valence-corrected chi connectivity index (χ3v) is 2.64. The summed E-state index contributed by atoms with van der Waals surface area (Å²) in [6, 6.07) is 3.83. The van der Waals surface area contributed by atoms with Crippen molar-refractivity contribution in [2.24, 2.45) is 0 Å². The molecule has 0 atom stereocenters. The van der Waals surface area contributed by atoms with E-state index < -0.39 is 22.8 Å². The van der Waals surface area contributed by atoms with Crippen molar-refractivity contribution in [3.63, 3.8) is 0 Å². The summed E-state index contributed by atoms with van der Waals surface area (Å²) < 4.78 is 14.1. The molecule has 1 heterocycles. The van der Waals surface area contributed by atoms with E-state index in [1.54, 1.807) is 6.92 Å². The minimum absolute atomic E-state index is 0.0897. The topological polar surface area (TPSA) is 71.9 Å². The molecule has 6 heteroatoms. The van der Waals surface area contributed by atoms with Crippen LogP contribution in [0.1, 0.15) is 22.8 Å². The molecule has 0 saturated carbocycles. The molecule has 0 radical (unpaired) electrons. The van der Waals surface area contributed by atoms with Gasteiger partial charge in [0.25, 0.3) is 5.56 Å². The molecule has 1 aromatic heterocycles. The Morgan fingerprint density at radius 3 is 2.53 bits per heavy atom. The number of H-pyrrole nitrogens is 1. The van der Waals surface area contributed by atoms with Gasteiger partial charge in [0, 0.05) is 6.20 Å². The van der Waals surface area contributed by atoms with Gasteiger partial charge in [-0.05, 0) is 37.6 Å². The molecule has 0 aliphatic rings. The van der Waals surface area contributed by atoms with Crippen molar-refractivity contribution in [2.45, 2.75) is 13.8 Å². The summed E-state index contributed by atoms with van der Waals surface area (Å²) in [5.74, 6) is -1.03. The molecule has 2 aromatic rings. The molecule has 0 unspecified atom stereocenters. The lowest BCUT2D eigenvalue weighted by Crippen LogP contribution is -2.36. The quantitative estimate of drug-likeness (QED) is 0.826. The van der Waals surface area contributed by atoms with Crippen LogP contribution in [0.25, 0.3) is 5.69 Å². The lowest BCUT2D eigenvalue weighted by Gasteiger charge is -2.07. The van der Waals surface area contributed by atoms with Gasteiger partial charge in [-0.25, -0.2) is 13.8 Å². The summed E-state index contributed by atoms with van der Waals surface area (Å²) in [4.78, 5) is 37.3. The number of nitrogens with zero attached hydrogens (tertiary/aromatic N) is 1. The molecule has 0 amide bonds. The number of rotatable bonds is 2. The van der Waals surface area contributed by atoms with Crippen LogP contribution in [0.5, 0.6) is 0 Å². The van der Waals surface area contributed by atoms with Crippen molar-refractivity contribution in [1.29, 1.82) is 0 Å². The van der Waals surface area contributed by atoms with Crippen molar-refractivity contribution in [3.05, 3.63) is 62.2 Å². The normalized spacial score (nSPS) is 10.5. The van der Waals surface area contributed by atoms with Crippen LogP contribution < -0.4 is 11.2 Å². The first kappa shape index (κ1) is 12.9. The number of aromatic amines is 1. The molecule has 98 valence electrons. The Morgan fingerprint density at radius 2 is 1.95 bits per heavy atom. The van der Waals surface area contributed by atoms with E-state index in [-0.39, 0.29) is 11.3 Å². The lowest BCUT2D eigenvalue weighted by atomic mass is 10.2. The average Bonchev–Trinajstić information content (AvgIpc) is 2.26. The lowest BCUT2D eigenvalue weighted by molar-refractivity contribution is 0.101. The molecule has 1 aromatic carbocycles. The van der Waals surface area contributed by atoms with Gasteiger partial charge in [0.05, 0.1) is 11.3 Å². The molecular formula is C13H11FN2O3. The minimum Gasteiger partial charge on any atom is -0.313 e. The number of halogens is 1. The third kappa shape index (κ3) is 2.37. The van der Waals surface area contributed by atoms with E-state index in [0.717, 1.165) is 16.8 Å². The first-order valence-electron chi connectivity index (χ1n) is 5.53. The first-order chi connectivity index (χ1) is 8.90. The van der Waals surface area contributed by atoms with Crippen LogP contribution in [-0.4, -0.2) is 15.3 Å². The third-order valence-electron chi connectivity index (χ3n) is 2.64. The maximum absolute atomic E-state index is 13.3. The Kier molecular flexibility index (Phi) is 3.16. The van der Waals surface area contributed by atoms with E-state index in [1.807, 2.05) is 0 Å². The molecule has 1 N–H and O–H groups in total. The second-order valence-corrected chi connectivity index (χ2v) is 4.19. The summed E-state index contributed by atoms with van der Waals surface area (Å²) >= 11 is 0. The number of benzene rings is 1. The van der Waals surface area contributed by atoms with E-state index in [9.17, 15) is 18.8 Å². The molecule has 0 aliphatic heterocycles. The Balaban J connectivity index is 2.82. The van der Waals surface area contributed by atoms with Crippen molar-refractivity contribution in [3.8, 4) is 5.69 Å². The van der Waals surface area contributed by atoms with Gasteiger partial charge >= 0.3 is 5.69 Å². The average molecular weight is 262 g/mol. The highest BCUT2D eigenvalue weighted by Crippen LogP contribution is 2.10. The Hall–Kier alpha value is -2.50. The number of nitrogens with one attached hydrogen (secondary N) is 1. The number of hydrogen-bond donors (Lipinski definition) is 1. The summed E-state index contributed by atoms with van der Waals surface area (Å²) in [6.45, 7) is 2.86. The highest BCUT2D eigenvalue weighted by Gasteiger charge is 2.13. The van der Waals surface area contributed by atoms with Crippen molar-refractivity contribution in [1.82, 2.24) is 9.55 Å². The van der Waals surface area contributed by atoms with Crippen LogP contribution in [0.3, 0.4) is 0 Å². The molecule has 0 fully saturated rings. The van der Waals surface area contributed by atoms with Gasteiger partial charge in [0.2, 0.25) is 0 Å². The Labute approximate surface area is 107 Å². The predicted molar refractivity (Wildman–Crippen MR) is 67.4 cm³/mol. The smallest absolute Gasteiger partial charge is 0.313 e. The van der Waals surface area contributed by atoms with E-state index in [0.29, 0.717) is 5.56 Å². The van der Waals surface area contributed by atoms with Gasteiger partial charge in [0.15, 0.2) is 5.78 Å². The summed E-state index contributed by atoms with van der Waals surface area (Å²) in [7, 11) is 0. The zero-order valence-corrected chi connectivity index (χ0v) is 10.4. The maximum Gasteiger partial charge on any atom is 0.333 e. The van der Waals surface area contributed by atoms with E-state index in [1.165, 1.54) is 19.1 Å². The molecular weight excluding hydrogens is 251 g/mol. The monoisotopic (exact) mass is 262 g/mol. The minimum atomic E-state index is -0.763. The fourth-order valence-electron chi connectivity index (χ4n) is 1.81. The van der Waals surface area contributed by atoms with Crippen LogP contribution in [0.2, 0.25) is 0 Å². The Bertz CT molecular complexity index is 754. The molecule has 0 saturated heterocycles. The molecule has 5 nitrogen and oxygen atoms in total. The van der Waals surface area contributed by atoms with Gasteiger partial charge in [-0.2, -0.15) is 0 Å². The fraction of sp³-hybridized carbons (Fsp3) is 0.154. The second-order valence-electron chi connectivity index (χ2n) is 4.19. The highest BCUT2D eigenvalue weighted by atomic mass is 19.1.